The lowest BCUT2D eigenvalue weighted by Gasteiger charge is -2.07. The summed E-state index contributed by atoms with van der Waals surface area (Å²) < 4.78 is 0. The number of nitrogens with zero attached hydrogens (tertiary/aromatic N) is 4. The Hall–Kier alpha value is -4.20. The number of benzene rings is 2. The summed E-state index contributed by atoms with van der Waals surface area (Å²) in [7, 11) is 0. The third-order valence-electron chi connectivity index (χ3n) is 5.86. The Morgan fingerprint density at radius 2 is 1.88 bits per heavy atom. The lowest BCUT2D eigenvalue weighted by molar-refractivity contribution is 0.933. The number of aromatic amines is 2. The molecule has 0 aliphatic heterocycles. The Balaban J connectivity index is 1.09. The average molecular weight is 422 g/mol. The van der Waals surface area contributed by atoms with Gasteiger partial charge in [0.25, 0.3) is 0 Å². The molecule has 0 bridgehead atoms. The van der Waals surface area contributed by atoms with Crippen LogP contribution in [-0.2, 0) is 6.54 Å². The van der Waals surface area contributed by atoms with Crippen molar-refractivity contribution in [3.63, 3.8) is 0 Å². The minimum Gasteiger partial charge on any atom is -0.350 e. The molecular formula is C24H22N8. The summed E-state index contributed by atoms with van der Waals surface area (Å²) in [6.07, 6.45) is 4.58. The Morgan fingerprint density at radius 1 is 0.938 bits per heavy atom. The molecular weight excluding hydrogens is 400 g/mol. The maximum atomic E-state index is 4.56. The molecule has 2 aromatic carbocycles. The quantitative estimate of drug-likeness (QED) is 0.303. The van der Waals surface area contributed by atoms with Gasteiger partial charge in [-0.25, -0.2) is 9.97 Å². The molecule has 0 spiro atoms. The second-order valence-corrected chi connectivity index (χ2v) is 8.07. The Labute approximate surface area is 184 Å². The van der Waals surface area contributed by atoms with E-state index in [1.807, 2.05) is 18.2 Å². The average Bonchev–Trinajstić information content (AvgIpc) is 3.26. The molecule has 1 aliphatic carbocycles. The largest absolute Gasteiger partial charge is 0.350 e. The molecule has 0 radical (unpaired) electrons. The molecule has 8 nitrogen and oxygen atoms in total. The molecule has 1 fully saturated rings. The molecule has 158 valence electrons. The van der Waals surface area contributed by atoms with E-state index in [2.05, 4.69) is 83.2 Å². The van der Waals surface area contributed by atoms with Crippen molar-refractivity contribution in [1.82, 2.24) is 30.1 Å². The van der Waals surface area contributed by atoms with Crippen LogP contribution in [0, 0.1) is 0 Å². The Kier molecular flexibility index (Phi) is 4.53. The van der Waals surface area contributed by atoms with Crippen LogP contribution in [0.3, 0.4) is 0 Å². The summed E-state index contributed by atoms with van der Waals surface area (Å²) in [5.41, 5.74) is 5.64. The first-order valence-corrected chi connectivity index (χ1v) is 10.7. The van der Waals surface area contributed by atoms with Crippen molar-refractivity contribution >= 4 is 28.6 Å². The zero-order valence-electron chi connectivity index (χ0n) is 17.3. The lowest BCUT2D eigenvalue weighted by Crippen LogP contribution is -2.05. The Morgan fingerprint density at radius 3 is 2.81 bits per heavy atom. The molecule has 1 aliphatic rings. The normalized spacial score (nSPS) is 17.4. The molecule has 4 N–H and O–H groups in total. The van der Waals surface area contributed by atoms with Crippen molar-refractivity contribution in [2.24, 2.45) is 0 Å². The highest BCUT2D eigenvalue weighted by molar-refractivity contribution is 5.75. The zero-order valence-corrected chi connectivity index (χ0v) is 17.3. The summed E-state index contributed by atoms with van der Waals surface area (Å²) in [6, 6.07) is 20.7. The first kappa shape index (κ1) is 18.6. The first-order valence-electron chi connectivity index (χ1n) is 10.7. The van der Waals surface area contributed by atoms with E-state index in [1.54, 1.807) is 12.5 Å². The van der Waals surface area contributed by atoms with E-state index in [0.29, 0.717) is 30.1 Å². The van der Waals surface area contributed by atoms with Crippen LogP contribution in [0.2, 0.25) is 0 Å². The van der Waals surface area contributed by atoms with Crippen molar-refractivity contribution < 1.29 is 0 Å². The number of fused-ring (bicyclic) bond motifs is 1. The number of H-pyrrole nitrogens is 2. The van der Waals surface area contributed by atoms with Gasteiger partial charge in [-0.2, -0.15) is 10.1 Å². The molecule has 0 saturated heterocycles. The predicted molar refractivity (Wildman–Crippen MR) is 124 cm³/mol. The maximum absolute atomic E-state index is 4.56. The molecule has 8 heteroatoms. The summed E-state index contributed by atoms with van der Waals surface area (Å²) >= 11 is 0. The van der Waals surface area contributed by atoms with Crippen molar-refractivity contribution in [2.45, 2.75) is 24.8 Å². The molecule has 32 heavy (non-hydrogen) atoms. The summed E-state index contributed by atoms with van der Waals surface area (Å²) in [5, 5.41) is 14.2. The first-order chi connectivity index (χ1) is 15.8. The number of anilines is 3. The zero-order chi connectivity index (χ0) is 21.3. The van der Waals surface area contributed by atoms with Gasteiger partial charge in [-0.05, 0) is 41.7 Å². The van der Waals surface area contributed by atoms with Gasteiger partial charge in [-0.3, -0.25) is 5.10 Å². The van der Waals surface area contributed by atoms with Crippen LogP contribution in [0.15, 0.2) is 73.2 Å². The molecule has 0 amide bonds. The highest BCUT2D eigenvalue weighted by Crippen LogP contribution is 2.54. The van der Waals surface area contributed by atoms with Gasteiger partial charge in [0.15, 0.2) is 5.82 Å². The third kappa shape index (κ3) is 3.78. The van der Waals surface area contributed by atoms with Crippen LogP contribution in [0.25, 0.3) is 11.0 Å². The third-order valence-corrected chi connectivity index (χ3v) is 5.86. The SMILES string of the molecule is c1ccc([C@@H]2C[C@H]2c2cc(Nc3ccnc(NCc4ccc5nc[nH]c5c4)n3)n[nH]2)cc1. The van der Waals surface area contributed by atoms with Gasteiger partial charge >= 0.3 is 0 Å². The molecule has 3 heterocycles. The van der Waals surface area contributed by atoms with E-state index >= 15 is 0 Å². The second-order valence-electron chi connectivity index (χ2n) is 8.07. The fourth-order valence-electron chi connectivity index (χ4n) is 4.12. The van der Waals surface area contributed by atoms with Crippen molar-refractivity contribution in [1.29, 1.82) is 0 Å². The van der Waals surface area contributed by atoms with Crippen molar-refractivity contribution in [2.75, 3.05) is 10.6 Å². The summed E-state index contributed by atoms with van der Waals surface area (Å²) in [4.78, 5) is 16.3. The molecule has 5 aromatic rings. The van der Waals surface area contributed by atoms with Crippen LogP contribution in [0.5, 0.6) is 0 Å². The van der Waals surface area contributed by atoms with Crippen molar-refractivity contribution in [3.05, 3.63) is 90.0 Å². The van der Waals surface area contributed by atoms with E-state index in [-0.39, 0.29) is 0 Å². The van der Waals surface area contributed by atoms with Crippen LogP contribution < -0.4 is 10.6 Å². The number of nitrogens with one attached hydrogen (secondary N) is 4. The minimum atomic E-state index is 0.496. The van der Waals surface area contributed by atoms with Crippen LogP contribution >= 0.6 is 0 Å². The highest BCUT2D eigenvalue weighted by Gasteiger charge is 2.40. The van der Waals surface area contributed by atoms with Crippen LogP contribution in [0.1, 0.15) is 35.1 Å². The van der Waals surface area contributed by atoms with Crippen LogP contribution in [0.4, 0.5) is 17.6 Å². The van der Waals surface area contributed by atoms with Gasteiger partial charge < -0.3 is 15.6 Å². The molecule has 0 unspecified atom stereocenters. The molecule has 6 rings (SSSR count). The lowest BCUT2D eigenvalue weighted by atomic mass is 10.1. The smallest absolute Gasteiger partial charge is 0.224 e. The van der Waals surface area contributed by atoms with E-state index in [1.165, 1.54) is 5.56 Å². The van der Waals surface area contributed by atoms with Crippen LogP contribution in [-0.4, -0.2) is 30.1 Å². The van der Waals surface area contributed by atoms with Gasteiger partial charge in [0.05, 0.1) is 17.4 Å². The standard InChI is InChI=1S/C24H22N8/c1-2-4-16(5-3-1)17-11-18(17)20-12-23(32-31-20)29-22-8-9-25-24(30-22)26-13-15-6-7-19-21(10-15)28-14-27-19/h1-10,12,14,17-18H,11,13H2,(H,27,28)(H3,25,26,29,30,31,32)/t17-,18+/m0/s1. The minimum absolute atomic E-state index is 0.496. The van der Waals surface area contributed by atoms with Gasteiger partial charge in [-0.15, -0.1) is 0 Å². The van der Waals surface area contributed by atoms with Crippen molar-refractivity contribution in [3.8, 4) is 0 Å². The maximum Gasteiger partial charge on any atom is 0.224 e. The van der Waals surface area contributed by atoms with Gasteiger partial charge in [0.1, 0.15) is 5.82 Å². The number of aromatic nitrogens is 6. The second kappa shape index (κ2) is 7.81. The molecule has 2 atom stereocenters. The fraction of sp³-hybridized carbons (Fsp3) is 0.167. The molecule has 1 saturated carbocycles. The van der Waals surface area contributed by atoms with E-state index in [9.17, 15) is 0 Å². The van der Waals surface area contributed by atoms with E-state index in [4.69, 9.17) is 0 Å². The topological polar surface area (TPSA) is 107 Å². The number of rotatable bonds is 7. The summed E-state index contributed by atoms with van der Waals surface area (Å²) in [5.74, 6) is 3.07. The van der Waals surface area contributed by atoms with Gasteiger partial charge in [0, 0.05) is 30.4 Å². The van der Waals surface area contributed by atoms with Gasteiger partial charge in [0.2, 0.25) is 5.95 Å². The predicted octanol–water partition coefficient (Wildman–Crippen LogP) is 4.70. The fourth-order valence-corrected chi connectivity index (χ4v) is 4.12. The van der Waals surface area contributed by atoms with E-state index in [0.717, 1.165) is 34.5 Å². The highest BCUT2D eigenvalue weighted by atomic mass is 15.2. The van der Waals surface area contributed by atoms with E-state index < -0.39 is 0 Å². The molecule has 3 aromatic heterocycles. The van der Waals surface area contributed by atoms with Gasteiger partial charge in [-0.1, -0.05) is 36.4 Å². The Bertz CT molecular complexity index is 1360. The monoisotopic (exact) mass is 422 g/mol. The summed E-state index contributed by atoms with van der Waals surface area (Å²) in [6.45, 7) is 0.619. The number of hydrogen-bond acceptors (Lipinski definition) is 6. The number of imidazole rings is 1. The number of hydrogen-bond donors (Lipinski definition) is 4.